The van der Waals surface area contributed by atoms with E-state index in [0.29, 0.717) is 60.5 Å². The first-order valence-electron chi connectivity index (χ1n) is 12.9. The molecule has 0 bridgehead atoms. The minimum Gasteiger partial charge on any atom is -0.493 e. The Bertz CT molecular complexity index is 1920. The molecule has 2 aromatic carbocycles. The molecule has 3 heterocycles. The number of benzene rings is 2. The number of nitrogens with zero attached hydrogens (tertiary/aromatic N) is 3. The van der Waals surface area contributed by atoms with Crippen LogP contribution in [0.4, 0.5) is 0 Å². The van der Waals surface area contributed by atoms with Crippen molar-refractivity contribution in [1.29, 1.82) is 5.26 Å². The lowest BCUT2D eigenvalue weighted by Crippen LogP contribution is -2.40. The Morgan fingerprint density at radius 3 is 2.48 bits per heavy atom. The number of methoxy groups -OCH3 is 3. The zero-order valence-corrected chi connectivity index (χ0v) is 24.4. The van der Waals surface area contributed by atoms with Crippen LogP contribution >= 0.6 is 11.3 Å². The average molecular weight is 586 g/mol. The fourth-order valence-corrected chi connectivity index (χ4v) is 5.89. The van der Waals surface area contributed by atoms with Crippen LogP contribution < -0.4 is 29.1 Å². The molecule has 1 aliphatic rings. The molecule has 0 amide bonds. The monoisotopic (exact) mass is 585 g/mol. The van der Waals surface area contributed by atoms with E-state index in [-0.39, 0.29) is 17.7 Å². The summed E-state index contributed by atoms with van der Waals surface area (Å²) < 4.78 is 29.8. The first-order chi connectivity index (χ1) is 20.3. The largest absolute Gasteiger partial charge is 0.493 e. The molecule has 0 spiro atoms. The van der Waals surface area contributed by atoms with Crippen molar-refractivity contribution >= 4 is 23.4 Å². The van der Waals surface area contributed by atoms with Crippen LogP contribution in [-0.2, 0) is 9.53 Å². The van der Waals surface area contributed by atoms with E-state index in [1.54, 1.807) is 62.4 Å². The van der Waals surface area contributed by atoms with Crippen molar-refractivity contribution in [2.45, 2.75) is 19.9 Å². The highest BCUT2D eigenvalue weighted by Gasteiger charge is 2.34. The fourth-order valence-electron chi connectivity index (χ4n) is 4.87. The molecule has 0 N–H and O–H groups in total. The van der Waals surface area contributed by atoms with Gasteiger partial charge in [-0.05, 0) is 55.8 Å². The lowest BCUT2D eigenvalue weighted by Gasteiger charge is -2.26. The second-order valence-electron chi connectivity index (χ2n) is 9.12. The molecule has 0 saturated carbocycles. The molecule has 2 aromatic heterocycles. The average Bonchev–Trinajstić information content (AvgIpc) is 3.59. The minimum atomic E-state index is -0.883. The highest BCUT2D eigenvalue weighted by Crippen LogP contribution is 2.42. The summed E-state index contributed by atoms with van der Waals surface area (Å²) in [5.41, 5.74) is 1.94. The summed E-state index contributed by atoms with van der Waals surface area (Å²) in [7, 11) is 4.48. The molecule has 0 unspecified atom stereocenters. The zero-order chi connectivity index (χ0) is 30.0. The first-order valence-corrected chi connectivity index (χ1v) is 13.8. The molecule has 4 aromatic rings. The third kappa shape index (κ3) is 4.97. The number of nitriles is 1. The number of allylic oxidation sites excluding steroid dienone is 1. The van der Waals surface area contributed by atoms with E-state index in [2.05, 4.69) is 11.1 Å². The van der Waals surface area contributed by atoms with Gasteiger partial charge < -0.3 is 23.4 Å². The molecule has 11 heteroatoms. The Hall–Kier alpha value is -5.08. The van der Waals surface area contributed by atoms with Crippen molar-refractivity contribution in [3.8, 4) is 34.6 Å². The number of thiazole rings is 1. The number of furan rings is 1. The van der Waals surface area contributed by atoms with Gasteiger partial charge in [0, 0.05) is 11.6 Å². The second-order valence-corrected chi connectivity index (χ2v) is 10.1. The van der Waals surface area contributed by atoms with Crippen LogP contribution in [0.15, 0.2) is 74.0 Å². The van der Waals surface area contributed by atoms with Gasteiger partial charge in [-0.15, -0.1) is 0 Å². The number of fused-ring (bicyclic) bond motifs is 1. The maximum atomic E-state index is 14.0. The number of aromatic nitrogens is 1. The summed E-state index contributed by atoms with van der Waals surface area (Å²) in [6, 6.07) is 15.3. The molecule has 1 atom stereocenters. The molecule has 1 aliphatic heterocycles. The SMILES string of the molecule is CCOC(=O)C1=C(C)N=c2s/c(=C\c3ccc(-c4ccccc4C#N)o3)c(=O)n2[C@H]1c1cc(OC)c(OC)c(OC)c1. The van der Waals surface area contributed by atoms with Crippen LogP contribution in [-0.4, -0.2) is 38.5 Å². The van der Waals surface area contributed by atoms with Crippen molar-refractivity contribution in [2.75, 3.05) is 27.9 Å². The summed E-state index contributed by atoms with van der Waals surface area (Å²) in [6.45, 7) is 3.57. The molecular weight excluding hydrogens is 558 g/mol. The van der Waals surface area contributed by atoms with Crippen molar-refractivity contribution in [2.24, 2.45) is 4.99 Å². The zero-order valence-electron chi connectivity index (χ0n) is 23.6. The van der Waals surface area contributed by atoms with Gasteiger partial charge >= 0.3 is 5.97 Å². The van der Waals surface area contributed by atoms with E-state index in [1.165, 1.54) is 37.2 Å². The number of esters is 1. The van der Waals surface area contributed by atoms with Gasteiger partial charge in [0.1, 0.15) is 11.5 Å². The standard InChI is InChI=1S/C31H27N3O7S/c1-6-40-30(36)26-17(2)33-31-34(27(26)19-13-23(37-3)28(39-5)24(14-19)38-4)29(35)25(42-31)15-20-11-12-22(41-20)21-10-8-7-9-18(21)16-32/h7-15,27H,6H2,1-5H3/b25-15-/t27-/m0/s1. The lowest BCUT2D eigenvalue weighted by atomic mass is 9.95. The number of rotatable bonds is 8. The summed E-state index contributed by atoms with van der Waals surface area (Å²) in [6.07, 6.45) is 1.62. The lowest BCUT2D eigenvalue weighted by molar-refractivity contribution is -0.139. The maximum absolute atomic E-state index is 14.0. The highest BCUT2D eigenvalue weighted by molar-refractivity contribution is 7.07. The number of hydrogen-bond donors (Lipinski definition) is 0. The molecule has 214 valence electrons. The van der Waals surface area contributed by atoms with Gasteiger partial charge in [-0.2, -0.15) is 5.26 Å². The van der Waals surface area contributed by atoms with Gasteiger partial charge in [-0.25, -0.2) is 9.79 Å². The van der Waals surface area contributed by atoms with E-state index in [4.69, 9.17) is 23.4 Å². The van der Waals surface area contributed by atoms with E-state index < -0.39 is 12.0 Å². The van der Waals surface area contributed by atoms with E-state index in [9.17, 15) is 14.9 Å². The van der Waals surface area contributed by atoms with Gasteiger partial charge in [0.05, 0.1) is 61.4 Å². The van der Waals surface area contributed by atoms with E-state index >= 15 is 0 Å². The predicted octanol–water partition coefficient (Wildman–Crippen LogP) is 3.96. The highest BCUT2D eigenvalue weighted by atomic mass is 32.1. The predicted molar refractivity (Wildman–Crippen MR) is 155 cm³/mol. The minimum absolute atomic E-state index is 0.151. The summed E-state index contributed by atoms with van der Waals surface area (Å²) >= 11 is 1.17. The van der Waals surface area contributed by atoms with E-state index in [0.717, 1.165) is 0 Å². The Morgan fingerprint density at radius 1 is 1.12 bits per heavy atom. The topological polar surface area (TPSA) is 125 Å². The molecule has 0 saturated heterocycles. The van der Waals surface area contributed by atoms with Gasteiger partial charge in [-0.1, -0.05) is 23.5 Å². The Morgan fingerprint density at radius 2 is 1.83 bits per heavy atom. The van der Waals surface area contributed by atoms with Crippen LogP contribution in [0.2, 0.25) is 0 Å². The quantitative estimate of drug-likeness (QED) is 0.285. The molecule has 10 nitrogen and oxygen atoms in total. The number of carbonyl (C=O) groups is 1. The summed E-state index contributed by atoms with van der Waals surface area (Å²) in [5.74, 6) is 1.45. The summed E-state index contributed by atoms with van der Waals surface area (Å²) in [5, 5.41) is 9.47. The Kier molecular flexibility index (Phi) is 7.99. The smallest absolute Gasteiger partial charge is 0.338 e. The molecule has 0 fully saturated rings. The Balaban J connectivity index is 1.70. The Labute approximate surface area is 245 Å². The van der Waals surface area contributed by atoms with Crippen molar-refractivity contribution in [1.82, 2.24) is 4.57 Å². The van der Waals surface area contributed by atoms with Gasteiger partial charge in [-0.3, -0.25) is 9.36 Å². The molecule has 0 radical (unpaired) electrons. The maximum Gasteiger partial charge on any atom is 0.338 e. The van der Waals surface area contributed by atoms with Crippen LogP contribution in [0.25, 0.3) is 17.4 Å². The second kappa shape index (κ2) is 11.8. The molecule has 42 heavy (non-hydrogen) atoms. The normalized spacial score (nSPS) is 14.6. The fraction of sp³-hybridized carbons (Fsp3) is 0.226. The third-order valence-electron chi connectivity index (χ3n) is 6.73. The molecule has 5 rings (SSSR count). The van der Waals surface area contributed by atoms with Crippen molar-refractivity contribution < 1.29 is 28.2 Å². The molecular formula is C31H27N3O7S. The van der Waals surface area contributed by atoms with Crippen molar-refractivity contribution in [3.63, 3.8) is 0 Å². The summed E-state index contributed by atoms with van der Waals surface area (Å²) in [4.78, 5) is 32.2. The van der Waals surface area contributed by atoms with Crippen LogP contribution in [0.3, 0.4) is 0 Å². The van der Waals surface area contributed by atoms with E-state index in [1.807, 2.05) is 6.07 Å². The van der Waals surface area contributed by atoms with Crippen LogP contribution in [0.1, 0.15) is 36.8 Å². The third-order valence-corrected chi connectivity index (χ3v) is 7.72. The van der Waals surface area contributed by atoms with Gasteiger partial charge in [0.2, 0.25) is 5.75 Å². The number of hydrogen-bond acceptors (Lipinski definition) is 10. The van der Waals surface area contributed by atoms with Gasteiger partial charge in [0.25, 0.3) is 5.56 Å². The van der Waals surface area contributed by atoms with Crippen LogP contribution in [0.5, 0.6) is 17.2 Å². The number of carbonyl (C=O) groups excluding carboxylic acids is 1. The van der Waals surface area contributed by atoms with Crippen LogP contribution in [0, 0.1) is 11.3 Å². The number of ether oxygens (including phenoxy) is 4. The van der Waals surface area contributed by atoms with Crippen molar-refractivity contribution in [3.05, 3.63) is 96.4 Å². The first kappa shape index (κ1) is 28.4. The molecule has 0 aliphatic carbocycles. The van der Waals surface area contributed by atoms with Gasteiger partial charge in [0.15, 0.2) is 16.3 Å².